The number of hydrogen-bond donors (Lipinski definition) is 1. The Morgan fingerprint density at radius 2 is 1.68 bits per heavy atom. The van der Waals surface area contributed by atoms with Crippen LogP contribution in [0.3, 0.4) is 0 Å². The summed E-state index contributed by atoms with van der Waals surface area (Å²) in [6.45, 7) is 5.11. The first-order valence-corrected chi connectivity index (χ1v) is 12.4. The Labute approximate surface area is 217 Å². The summed E-state index contributed by atoms with van der Waals surface area (Å²) in [4.78, 5) is 55.5. The normalized spacial score (nSPS) is 11.0. The van der Waals surface area contributed by atoms with Crippen molar-refractivity contribution < 1.29 is 14.3 Å². The average Bonchev–Trinajstić information content (AvgIpc) is 3.21. The van der Waals surface area contributed by atoms with Gasteiger partial charge in [0.15, 0.2) is 0 Å². The standard InChI is InChI=1S/C27H28N4O5S/c1-15-9-7-10-16(2)22(15)28-20(32)14-30-26-21(17(3)23(37-26)25(34)29(4)5)24(33)31(27(30)35)18-11-8-12-19(13-18)36-6/h7-13H,14H2,1-6H3,(H,28,32). The van der Waals surface area contributed by atoms with Crippen molar-refractivity contribution in [2.45, 2.75) is 27.3 Å². The summed E-state index contributed by atoms with van der Waals surface area (Å²) < 4.78 is 7.54. The number of nitrogens with zero attached hydrogens (tertiary/aromatic N) is 3. The monoisotopic (exact) mass is 520 g/mol. The highest BCUT2D eigenvalue weighted by atomic mass is 32.1. The van der Waals surface area contributed by atoms with Gasteiger partial charge < -0.3 is 15.0 Å². The van der Waals surface area contributed by atoms with Crippen LogP contribution in [0.25, 0.3) is 15.9 Å². The molecule has 4 rings (SSSR count). The van der Waals surface area contributed by atoms with Gasteiger partial charge in [-0.05, 0) is 49.6 Å². The molecule has 9 nitrogen and oxygen atoms in total. The maximum absolute atomic E-state index is 13.8. The van der Waals surface area contributed by atoms with Crippen LogP contribution in [-0.4, -0.2) is 47.1 Å². The minimum atomic E-state index is -0.687. The van der Waals surface area contributed by atoms with E-state index in [1.54, 1.807) is 45.3 Å². The number of ether oxygens (including phenoxy) is 1. The second-order valence-electron chi connectivity index (χ2n) is 8.96. The SMILES string of the molecule is COc1cccc(-n2c(=O)c3c(C)c(C(=O)N(C)C)sc3n(CC(=O)Nc3c(C)cccc3C)c2=O)c1. The van der Waals surface area contributed by atoms with E-state index in [0.717, 1.165) is 27.0 Å². The highest BCUT2D eigenvalue weighted by Gasteiger charge is 2.25. The maximum atomic E-state index is 13.8. The molecule has 0 bridgehead atoms. The van der Waals surface area contributed by atoms with Crippen LogP contribution < -0.4 is 21.3 Å². The van der Waals surface area contributed by atoms with Crippen molar-refractivity contribution in [2.24, 2.45) is 0 Å². The van der Waals surface area contributed by atoms with Crippen LogP contribution in [-0.2, 0) is 11.3 Å². The lowest BCUT2D eigenvalue weighted by Gasteiger charge is -2.15. The minimum Gasteiger partial charge on any atom is -0.497 e. The summed E-state index contributed by atoms with van der Waals surface area (Å²) in [5, 5.41) is 3.12. The van der Waals surface area contributed by atoms with Crippen molar-refractivity contribution in [3.63, 3.8) is 0 Å². The lowest BCUT2D eigenvalue weighted by Crippen LogP contribution is -2.40. The number of aromatic nitrogens is 2. The fourth-order valence-corrected chi connectivity index (χ4v) is 5.52. The molecule has 0 aliphatic rings. The number of amides is 2. The van der Waals surface area contributed by atoms with Gasteiger partial charge in [-0.15, -0.1) is 11.3 Å². The molecular weight excluding hydrogens is 492 g/mol. The molecule has 10 heteroatoms. The summed E-state index contributed by atoms with van der Waals surface area (Å²) in [7, 11) is 4.72. The van der Waals surface area contributed by atoms with Crippen molar-refractivity contribution in [1.29, 1.82) is 0 Å². The van der Waals surface area contributed by atoms with Crippen LogP contribution in [0.15, 0.2) is 52.1 Å². The van der Waals surface area contributed by atoms with Crippen molar-refractivity contribution in [2.75, 3.05) is 26.5 Å². The summed E-state index contributed by atoms with van der Waals surface area (Å²) in [6, 6.07) is 12.2. The van der Waals surface area contributed by atoms with E-state index in [-0.39, 0.29) is 22.7 Å². The van der Waals surface area contributed by atoms with Crippen molar-refractivity contribution in [1.82, 2.24) is 14.0 Å². The first-order valence-electron chi connectivity index (χ1n) is 11.6. The van der Waals surface area contributed by atoms with Crippen molar-refractivity contribution >= 4 is 39.1 Å². The molecule has 37 heavy (non-hydrogen) atoms. The van der Waals surface area contributed by atoms with Gasteiger partial charge in [-0.25, -0.2) is 9.36 Å². The number of para-hydroxylation sites is 1. The van der Waals surface area contributed by atoms with Gasteiger partial charge in [0.05, 0.1) is 23.1 Å². The molecule has 0 saturated heterocycles. The number of carbonyl (C=O) groups is 2. The van der Waals surface area contributed by atoms with Gasteiger partial charge in [0.2, 0.25) is 5.91 Å². The molecule has 0 atom stereocenters. The van der Waals surface area contributed by atoms with Gasteiger partial charge in [0.25, 0.3) is 11.5 Å². The number of anilines is 1. The van der Waals surface area contributed by atoms with Crippen LogP contribution >= 0.6 is 11.3 Å². The quantitative estimate of drug-likeness (QED) is 0.419. The van der Waals surface area contributed by atoms with E-state index in [4.69, 9.17) is 4.74 Å². The minimum absolute atomic E-state index is 0.220. The average molecular weight is 521 g/mol. The molecule has 2 heterocycles. The largest absolute Gasteiger partial charge is 0.497 e. The number of methoxy groups -OCH3 is 1. The molecule has 0 fully saturated rings. The van der Waals surface area contributed by atoms with Crippen LogP contribution in [0, 0.1) is 20.8 Å². The van der Waals surface area contributed by atoms with E-state index in [9.17, 15) is 19.2 Å². The molecular formula is C27H28N4O5S. The Hall–Kier alpha value is -4.18. The number of fused-ring (bicyclic) bond motifs is 1. The summed E-state index contributed by atoms with van der Waals surface area (Å²) in [6.07, 6.45) is 0. The highest BCUT2D eigenvalue weighted by molar-refractivity contribution is 7.20. The van der Waals surface area contributed by atoms with Gasteiger partial charge in [-0.3, -0.25) is 19.0 Å². The molecule has 2 amide bonds. The zero-order valence-electron chi connectivity index (χ0n) is 21.5. The molecule has 0 radical (unpaired) electrons. The predicted octanol–water partition coefficient (Wildman–Crippen LogP) is 3.49. The molecule has 1 N–H and O–H groups in total. The highest BCUT2D eigenvalue weighted by Crippen LogP contribution is 2.29. The number of hydrogen-bond acceptors (Lipinski definition) is 6. The fraction of sp³-hybridized carbons (Fsp3) is 0.259. The first-order chi connectivity index (χ1) is 17.5. The topological polar surface area (TPSA) is 103 Å². The summed E-state index contributed by atoms with van der Waals surface area (Å²) >= 11 is 1.04. The number of carbonyl (C=O) groups excluding carboxylic acids is 2. The van der Waals surface area contributed by atoms with Gasteiger partial charge in [-0.2, -0.15) is 0 Å². The van der Waals surface area contributed by atoms with Crippen LogP contribution in [0.2, 0.25) is 0 Å². The van der Waals surface area contributed by atoms with E-state index in [1.165, 1.54) is 16.6 Å². The molecule has 0 spiro atoms. The maximum Gasteiger partial charge on any atom is 0.337 e. The van der Waals surface area contributed by atoms with E-state index >= 15 is 0 Å². The van der Waals surface area contributed by atoms with E-state index < -0.39 is 17.2 Å². The number of aryl methyl sites for hydroxylation is 3. The zero-order chi connectivity index (χ0) is 27.0. The Morgan fingerprint density at radius 1 is 1.03 bits per heavy atom. The van der Waals surface area contributed by atoms with Crippen LogP contribution in [0.1, 0.15) is 26.4 Å². The number of thiophene rings is 1. The molecule has 0 saturated carbocycles. The summed E-state index contributed by atoms with van der Waals surface area (Å²) in [5.41, 5.74) is 1.95. The lowest BCUT2D eigenvalue weighted by molar-refractivity contribution is -0.116. The molecule has 4 aromatic rings. The van der Waals surface area contributed by atoms with Gasteiger partial charge >= 0.3 is 5.69 Å². The second-order valence-corrected chi connectivity index (χ2v) is 9.96. The Kier molecular flexibility index (Phi) is 7.04. The Morgan fingerprint density at radius 3 is 2.30 bits per heavy atom. The smallest absolute Gasteiger partial charge is 0.337 e. The summed E-state index contributed by atoms with van der Waals surface area (Å²) in [5.74, 6) is -0.248. The van der Waals surface area contributed by atoms with Crippen LogP contribution in [0.5, 0.6) is 5.75 Å². The third-order valence-corrected chi connectivity index (χ3v) is 7.47. The first kappa shape index (κ1) is 25.9. The lowest BCUT2D eigenvalue weighted by atomic mass is 10.1. The molecule has 2 aromatic carbocycles. The zero-order valence-corrected chi connectivity index (χ0v) is 22.4. The third kappa shape index (κ3) is 4.67. The Balaban J connectivity index is 1.96. The van der Waals surface area contributed by atoms with Gasteiger partial charge in [-0.1, -0.05) is 24.3 Å². The number of benzene rings is 2. The van der Waals surface area contributed by atoms with Crippen molar-refractivity contribution in [3.8, 4) is 11.4 Å². The van der Waals surface area contributed by atoms with E-state index in [1.807, 2.05) is 32.0 Å². The fourth-order valence-electron chi connectivity index (χ4n) is 4.20. The van der Waals surface area contributed by atoms with Crippen LogP contribution in [0.4, 0.5) is 5.69 Å². The second kappa shape index (κ2) is 10.1. The van der Waals surface area contributed by atoms with Gasteiger partial charge in [0, 0.05) is 25.8 Å². The van der Waals surface area contributed by atoms with E-state index in [2.05, 4.69) is 5.32 Å². The molecule has 192 valence electrons. The molecule has 2 aromatic heterocycles. The number of nitrogens with one attached hydrogen (secondary N) is 1. The van der Waals surface area contributed by atoms with Gasteiger partial charge in [0.1, 0.15) is 17.1 Å². The predicted molar refractivity (Wildman–Crippen MR) is 146 cm³/mol. The molecule has 0 aliphatic carbocycles. The third-order valence-electron chi connectivity index (χ3n) is 6.17. The van der Waals surface area contributed by atoms with E-state index in [0.29, 0.717) is 27.6 Å². The molecule has 0 aliphatic heterocycles. The van der Waals surface area contributed by atoms with Crippen molar-refractivity contribution in [3.05, 3.63) is 84.9 Å². The number of rotatable bonds is 6. The Bertz CT molecular complexity index is 1640. The molecule has 0 unspecified atom stereocenters.